The van der Waals surface area contributed by atoms with E-state index in [0.717, 1.165) is 11.6 Å². The molecule has 0 aliphatic rings. The van der Waals surface area contributed by atoms with Crippen LogP contribution in [0.1, 0.15) is 30.9 Å². The molecule has 6 heteroatoms. The third-order valence-electron chi connectivity index (χ3n) is 5.38. The normalized spacial score (nSPS) is 11.3. The van der Waals surface area contributed by atoms with E-state index in [4.69, 9.17) is 4.74 Å². The molecule has 0 atom stereocenters. The lowest BCUT2D eigenvalue weighted by molar-refractivity contribution is 0.415. The van der Waals surface area contributed by atoms with E-state index in [9.17, 15) is 13.6 Å². The van der Waals surface area contributed by atoms with E-state index in [1.54, 1.807) is 19.2 Å². The van der Waals surface area contributed by atoms with Gasteiger partial charge in [-0.3, -0.25) is 4.57 Å². The predicted octanol–water partition coefficient (Wildman–Crippen LogP) is 5.52. The minimum atomic E-state index is -0.707. The Kier molecular flexibility index (Phi) is 5.55. The maximum absolute atomic E-state index is 14.2. The van der Waals surface area contributed by atoms with Gasteiger partial charge in [-0.2, -0.15) is 4.98 Å². The van der Waals surface area contributed by atoms with Crippen molar-refractivity contribution in [3.05, 3.63) is 93.9 Å². The van der Waals surface area contributed by atoms with Crippen LogP contribution in [0.2, 0.25) is 0 Å². The molecule has 4 rings (SSSR count). The van der Waals surface area contributed by atoms with Gasteiger partial charge in [0.2, 0.25) is 0 Å². The number of hydrogen-bond acceptors (Lipinski definition) is 3. The molecule has 0 saturated carbocycles. The Labute approximate surface area is 178 Å². The lowest BCUT2D eigenvalue weighted by atomic mass is 9.99. The summed E-state index contributed by atoms with van der Waals surface area (Å²) < 4.78 is 34.3. The first kappa shape index (κ1) is 20.7. The van der Waals surface area contributed by atoms with Gasteiger partial charge in [-0.15, -0.1) is 0 Å². The minimum absolute atomic E-state index is 0.0622. The van der Waals surface area contributed by atoms with Gasteiger partial charge in [-0.1, -0.05) is 44.2 Å². The number of methoxy groups -OCH3 is 1. The summed E-state index contributed by atoms with van der Waals surface area (Å²) in [6.07, 6.45) is 0. The largest absolute Gasteiger partial charge is 0.497 e. The van der Waals surface area contributed by atoms with Crippen molar-refractivity contribution < 1.29 is 13.5 Å². The van der Waals surface area contributed by atoms with E-state index in [2.05, 4.69) is 18.8 Å². The molecular weight excluding hydrogens is 398 g/mol. The quantitative estimate of drug-likeness (QED) is 0.427. The van der Waals surface area contributed by atoms with Crippen LogP contribution in [0.15, 0.2) is 65.5 Å². The molecule has 0 saturated heterocycles. The second kappa shape index (κ2) is 8.30. The molecule has 0 N–H and O–H groups in total. The van der Waals surface area contributed by atoms with Crippen molar-refractivity contribution in [1.29, 1.82) is 0 Å². The van der Waals surface area contributed by atoms with E-state index in [1.807, 2.05) is 30.3 Å². The zero-order valence-corrected chi connectivity index (χ0v) is 17.5. The van der Waals surface area contributed by atoms with Gasteiger partial charge in [0, 0.05) is 22.6 Å². The number of aromatic nitrogens is 2. The van der Waals surface area contributed by atoms with E-state index < -0.39 is 17.3 Å². The maximum atomic E-state index is 14.2. The molecular formula is C25H22F2N2O2. The molecule has 0 aliphatic carbocycles. The Morgan fingerprint density at radius 3 is 2.39 bits per heavy atom. The van der Waals surface area contributed by atoms with Crippen molar-refractivity contribution in [2.24, 2.45) is 0 Å². The fourth-order valence-corrected chi connectivity index (χ4v) is 3.61. The molecule has 1 aromatic heterocycles. The standard InChI is InChI=1S/C25H22F2N2O2/c1-15(2)16-4-6-17(7-5-16)24-21-13-20(31-3)10-11-23(21)29(25(30)28-24)14-18-8-9-19(26)12-22(18)27/h4-13,15H,14H2,1-3H3. The number of rotatable bonds is 5. The third kappa shape index (κ3) is 4.06. The van der Waals surface area contributed by atoms with E-state index >= 15 is 0 Å². The highest BCUT2D eigenvalue weighted by Crippen LogP contribution is 2.30. The minimum Gasteiger partial charge on any atom is -0.497 e. The second-order valence-electron chi connectivity index (χ2n) is 7.72. The predicted molar refractivity (Wildman–Crippen MR) is 118 cm³/mol. The second-order valence-corrected chi connectivity index (χ2v) is 7.72. The summed E-state index contributed by atoms with van der Waals surface area (Å²) >= 11 is 0. The molecule has 4 nitrogen and oxygen atoms in total. The number of nitrogens with zero attached hydrogens (tertiary/aromatic N) is 2. The van der Waals surface area contributed by atoms with Gasteiger partial charge in [0.1, 0.15) is 17.4 Å². The van der Waals surface area contributed by atoms with E-state index in [0.29, 0.717) is 28.3 Å². The summed E-state index contributed by atoms with van der Waals surface area (Å²) in [5.41, 5.74) is 2.81. The lowest BCUT2D eigenvalue weighted by Crippen LogP contribution is -2.25. The molecule has 158 valence electrons. The summed E-state index contributed by atoms with van der Waals surface area (Å²) in [6.45, 7) is 4.17. The Morgan fingerprint density at radius 2 is 1.74 bits per heavy atom. The first-order valence-electron chi connectivity index (χ1n) is 10.00. The first-order valence-corrected chi connectivity index (χ1v) is 10.00. The van der Waals surface area contributed by atoms with Gasteiger partial charge in [-0.25, -0.2) is 13.6 Å². The van der Waals surface area contributed by atoms with Crippen LogP contribution in [0, 0.1) is 11.6 Å². The van der Waals surface area contributed by atoms with Crippen LogP contribution >= 0.6 is 0 Å². The van der Waals surface area contributed by atoms with Gasteiger partial charge in [0.15, 0.2) is 0 Å². The highest BCUT2D eigenvalue weighted by atomic mass is 19.1. The zero-order valence-electron chi connectivity index (χ0n) is 17.5. The SMILES string of the molecule is COc1ccc2c(c1)c(-c1ccc(C(C)C)cc1)nc(=O)n2Cc1ccc(F)cc1F. The molecule has 0 aliphatic heterocycles. The van der Waals surface area contributed by atoms with Crippen LogP contribution in [0.3, 0.4) is 0 Å². The van der Waals surface area contributed by atoms with Crippen molar-refractivity contribution in [1.82, 2.24) is 9.55 Å². The molecule has 0 bridgehead atoms. The molecule has 3 aromatic carbocycles. The third-order valence-corrected chi connectivity index (χ3v) is 5.38. The molecule has 4 aromatic rings. The van der Waals surface area contributed by atoms with Crippen molar-refractivity contribution in [2.45, 2.75) is 26.3 Å². The summed E-state index contributed by atoms with van der Waals surface area (Å²) in [7, 11) is 1.57. The van der Waals surface area contributed by atoms with Crippen LogP contribution in [0.25, 0.3) is 22.2 Å². The lowest BCUT2D eigenvalue weighted by Gasteiger charge is -2.15. The Balaban J connectivity index is 1.91. The maximum Gasteiger partial charge on any atom is 0.348 e. The van der Waals surface area contributed by atoms with Crippen molar-refractivity contribution in [2.75, 3.05) is 7.11 Å². The number of fused-ring (bicyclic) bond motifs is 1. The summed E-state index contributed by atoms with van der Waals surface area (Å²) in [5.74, 6) is -0.367. The van der Waals surface area contributed by atoms with E-state index in [-0.39, 0.29) is 12.1 Å². The Bertz CT molecular complexity index is 1310. The fourth-order valence-electron chi connectivity index (χ4n) is 3.61. The van der Waals surface area contributed by atoms with Crippen LogP contribution in [-0.2, 0) is 6.54 Å². The fraction of sp³-hybridized carbons (Fsp3) is 0.200. The molecule has 31 heavy (non-hydrogen) atoms. The molecule has 0 radical (unpaired) electrons. The van der Waals surface area contributed by atoms with E-state index in [1.165, 1.54) is 22.3 Å². The number of ether oxygens (including phenoxy) is 1. The van der Waals surface area contributed by atoms with Gasteiger partial charge < -0.3 is 4.74 Å². The van der Waals surface area contributed by atoms with Crippen LogP contribution in [-0.4, -0.2) is 16.7 Å². The van der Waals surface area contributed by atoms with Crippen LogP contribution in [0.4, 0.5) is 8.78 Å². The molecule has 0 unspecified atom stereocenters. The average Bonchev–Trinajstić information content (AvgIpc) is 2.76. The topological polar surface area (TPSA) is 44.1 Å². The molecule has 0 spiro atoms. The van der Waals surface area contributed by atoms with Crippen molar-refractivity contribution in [3.8, 4) is 17.0 Å². The molecule has 1 heterocycles. The van der Waals surface area contributed by atoms with Crippen LogP contribution < -0.4 is 10.4 Å². The highest BCUT2D eigenvalue weighted by molar-refractivity contribution is 5.93. The van der Waals surface area contributed by atoms with Gasteiger partial charge in [-0.05, 0) is 35.7 Å². The van der Waals surface area contributed by atoms with Gasteiger partial charge in [0.05, 0.1) is 24.9 Å². The smallest absolute Gasteiger partial charge is 0.348 e. The summed E-state index contributed by atoms with van der Waals surface area (Å²) in [4.78, 5) is 17.3. The molecule has 0 amide bonds. The van der Waals surface area contributed by atoms with Gasteiger partial charge >= 0.3 is 5.69 Å². The first-order chi connectivity index (χ1) is 14.9. The van der Waals surface area contributed by atoms with Crippen molar-refractivity contribution >= 4 is 10.9 Å². The van der Waals surface area contributed by atoms with Gasteiger partial charge in [0.25, 0.3) is 0 Å². The number of halogens is 2. The average molecular weight is 420 g/mol. The Morgan fingerprint density at radius 1 is 1.00 bits per heavy atom. The summed E-state index contributed by atoms with van der Waals surface area (Å²) in [5, 5.41) is 0.707. The van der Waals surface area contributed by atoms with Crippen molar-refractivity contribution in [3.63, 3.8) is 0 Å². The number of benzene rings is 3. The number of hydrogen-bond donors (Lipinski definition) is 0. The molecule has 0 fully saturated rings. The zero-order chi connectivity index (χ0) is 22.1. The highest BCUT2D eigenvalue weighted by Gasteiger charge is 2.15. The Hall–Kier alpha value is -3.54. The summed E-state index contributed by atoms with van der Waals surface area (Å²) in [6, 6.07) is 16.6. The van der Waals surface area contributed by atoms with Crippen LogP contribution in [0.5, 0.6) is 5.75 Å². The monoisotopic (exact) mass is 420 g/mol.